The highest BCUT2D eigenvalue weighted by atomic mass is 16.5. The minimum absolute atomic E-state index is 0.315. The first-order valence-electron chi connectivity index (χ1n) is 7.55. The average Bonchev–Trinajstić information content (AvgIpc) is 2.48. The fourth-order valence-corrected chi connectivity index (χ4v) is 2.35. The van der Waals surface area contributed by atoms with E-state index in [1.807, 2.05) is 24.3 Å². The molecule has 0 radical (unpaired) electrons. The number of aliphatic hydroxyl groups excluding tert-OH is 1. The molecule has 0 heterocycles. The van der Waals surface area contributed by atoms with E-state index in [2.05, 4.69) is 18.7 Å². The maximum absolute atomic E-state index is 10.3. The van der Waals surface area contributed by atoms with Gasteiger partial charge in [-0.3, -0.25) is 4.90 Å². The fraction of sp³-hybridized carbons (Fsp3) is 0.647. The van der Waals surface area contributed by atoms with Crippen LogP contribution in [0.25, 0.3) is 0 Å². The van der Waals surface area contributed by atoms with Crippen LogP contribution in [0.5, 0.6) is 0 Å². The zero-order chi connectivity index (χ0) is 15.7. The van der Waals surface area contributed by atoms with E-state index in [4.69, 9.17) is 9.47 Å². The molecule has 1 rings (SSSR count). The summed E-state index contributed by atoms with van der Waals surface area (Å²) >= 11 is 0. The van der Waals surface area contributed by atoms with Crippen molar-refractivity contribution in [1.82, 2.24) is 4.90 Å². The summed E-state index contributed by atoms with van der Waals surface area (Å²) in [7, 11) is 3.42. The average molecular weight is 295 g/mol. The molecular weight excluding hydrogens is 266 g/mol. The van der Waals surface area contributed by atoms with Gasteiger partial charge in [0.05, 0.1) is 19.3 Å². The SMILES string of the molecule is COCCN(CCC(O)c1ccc(C)cc1)C(C)COC. The molecule has 0 aliphatic heterocycles. The number of methoxy groups -OCH3 is 2. The quantitative estimate of drug-likeness (QED) is 0.720. The Kier molecular flexibility index (Phi) is 8.54. The van der Waals surface area contributed by atoms with E-state index in [0.29, 0.717) is 25.7 Å². The second-order valence-electron chi connectivity index (χ2n) is 5.55. The van der Waals surface area contributed by atoms with Crippen LogP contribution < -0.4 is 0 Å². The first-order chi connectivity index (χ1) is 10.1. The highest BCUT2D eigenvalue weighted by Gasteiger charge is 2.16. The molecule has 0 aromatic heterocycles. The van der Waals surface area contributed by atoms with Crippen LogP contribution in [0.2, 0.25) is 0 Å². The minimum atomic E-state index is -0.426. The lowest BCUT2D eigenvalue weighted by Gasteiger charge is -2.29. The van der Waals surface area contributed by atoms with Gasteiger partial charge < -0.3 is 14.6 Å². The van der Waals surface area contributed by atoms with Crippen LogP contribution in [0, 0.1) is 6.92 Å². The third kappa shape index (κ3) is 6.57. The van der Waals surface area contributed by atoms with Gasteiger partial charge in [0.2, 0.25) is 0 Å². The predicted octanol–water partition coefficient (Wildman–Crippen LogP) is 2.40. The summed E-state index contributed by atoms with van der Waals surface area (Å²) in [6.45, 7) is 7.23. The number of rotatable bonds is 10. The van der Waals surface area contributed by atoms with Crippen LogP contribution in [-0.4, -0.2) is 56.6 Å². The molecule has 0 aliphatic rings. The maximum atomic E-state index is 10.3. The summed E-state index contributed by atoms with van der Waals surface area (Å²) in [6, 6.07) is 8.38. The first-order valence-corrected chi connectivity index (χ1v) is 7.55. The molecule has 0 amide bonds. The molecular formula is C17H29NO3. The zero-order valence-corrected chi connectivity index (χ0v) is 13.7. The van der Waals surface area contributed by atoms with Crippen molar-refractivity contribution >= 4 is 0 Å². The number of aliphatic hydroxyl groups is 1. The molecule has 4 nitrogen and oxygen atoms in total. The Morgan fingerprint density at radius 1 is 1.10 bits per heavy atom. The first kappa shape index (κ1) is 18.1. The Hall–Kier alpha value is -0.940. The molecule has 2 unspecified atom stereocenters. The van der Waals surface area contributed by atoms with Crippen molar-refractivity contribution in [2.75, 3.05) is 40.5 Å². The molecule has 0 aliphatic carbocycles. The summed E-state index contributed by atoms with van der Waals surface area (Å²) < 4.78 is 10.4. The van der Waals surface area contributed by atoms with Gasteiger partial charge in [-0.25, -0.2) is 0 Å². The highest BCUT2D eigenvalue weighted by molar-refractivity contribution is 5.23. The number of hydrogen-bond donors (Lipinski definition) is 1. The van der Waals surface area contributed by atoms with Gasteiger partial charge in [0.1, 0.15) is 0 Å². The van der Waals surface area contributed by atoms with E-state index in [9.17, 15) is 5.11 Å². The van der Waals surface area contributed by atoms with Crippen LogP contribution in [0.15, 0.2) is 24.3 Å². The number of aryl methyl sites for hydroxylation is 1. The van der Waals surface area contributed by atoms with Crippen LogP contribution in [0.3, 0.4) is 0 Å². The molecule has 120 valence electrons. The summed E-state index contributed by atoms with van der Waals surface area (Å²) in [5.41, 5.74) is 2.19. The second kappa shape index (κ2) is 9.90. The molecule has 4 heteroatoms. The Balaban J connectivity index is 2.52. The van der Waals surface area contributed by atoms with Gasteiger partial charge in [-0.15, -0.1) is 0 Å². The summed E-state index contributed by atoms with van der Waals surface area (Å²) in [5, 5.41) is 10.3. The monoisotopic (exact) mass is 295 g/mol. The van der Waals surface area contributed by atoms with E-state index in [1.54, 1.807) is 14.2 Å². The van der Waals surface area contributed by atoms with Crippen molar-refractivity contribution in [2.24, 2.45) is 0 Å². The Morgan fingerprint density at radius 2 is 1.76 bits per heavy atom. The minimum Gasteiger partial charge on any atom is -0.388 e. The molecule has 0 bridgehead atoms. The van der Waals surface area contributed by atoms with Gasteiger partial charge in [0.25, 0.3) is 0 Å². The third-order valence-corrected chi connectivity index (χ3v) is 3.77. The van der Waals surface area contributed by atoms with Crippen LogP contribution >= 0.6 is 0 Å². The van der Waals surface area contributed by atoms with Gasteiger partial charge in [-0.1, -0.05) is 29.8 Å². The van der Waals surface area contributed by atoms with E-state index < -0.39 is 6.10 Å². The van der Waals surface area contributed by atoms with Crippen molar-refractivity contribution in [2.45, 2.75) is 32.4 Å². The third-order valence-electron chi connectivity index (χ3n) is 3.77. The molecule has 21 heavy (non-hydrogen) atoms. The van der Waals surface area contributed by atoms with Crippen molar-refractivity contribution in [1.29, 1.82) is 0 Å². The summed E-state index contributed by atoms with van der Waals surface area (Å²) in [4.78, 5) is 2.30. The fourth-order valence-electron chi connectivity index (χ4n) is 2.35. The zero-order valence-electron chi connectivity index (χ0n) is 13.7. The molecule has 1 N–H and O–H groups in total. The normalized spacial score (nSPS) is 14.4. The number of benzene rings is 1. The van der Waals surface area contributed by atoms with E-state index >= 15 is 0 Å². The second-order valence-corrected chi connectivity index (χ2v) is 5.55. The molecule has 2 atom stereocenters. The largest absolute Gasteiger partial charge is 0.388 e. The molecule has 0 saturated heterocycles. The standard InChI is InChI=1S/C17H29NO3/c1-14-5-7-16(8-6-14)17(19)9-10-18(11-12-20-3)15(2)13-21-4/h5-8,15,17,19H,9-13H2,1-4H3. The van der Waals surface area contributed by atoms with Gasteiger partial charge in [-0.2, -0.15) is 0 Å². The van der Waals surface area contributed by atoms with Crippen molar-refractivity contribution < 1.29 is 14.6 Å². The van der Waals surface area contributed by atoms with Gasteiger partial charge in [0.15, 0.2) is 0 Å². The molecule has 0 saturated carbocycles. The van der Waals surface area contributed by atoms with E-state index in [0.717, 1.165) is 18.7 Å². The molecule has 1 aromatic carbocycles. The van der Waals surface area contributed by atoms with E-state index in [1.165, 1.54) is 5.56 Å². The number of ether oxygens (including phenoxy) is 2. The lowest BCUT2D eigenvalue weighted by atomic mass is 10.0. The Bertz CT molecular complexity index is 380. The maximum Gasteiger partial charge on any atom is 0.0802 e. The van der Waals surface area contributed by atoms with Crippen molar-refractivity contribution in [3.8, 4) is 0 Å². The van der Waals surface area contributed by atoms with Crippen molar-refractivity contribution in [3.05, 3.63) is 35.4 Å². The summed E-state index contributed by atoms with van der Waals surface area (Å²) in [5.74, 6) is 0. The van der Waals surface area contributed by atoms with Crippen molar-refractivity contribution in [3.63, 3.8) is 0 Å². The predicted molar refractivity (Wildman–Crippen MR) is 85.5 cm³/mol. The van der Waals surface area contributed by atoms with Crippen LogP contribution in [-0.2, 0) is 9.47 Å². The lowest BCUT2D eigenvalue weighted by molar-refractivity contribution is 0.0612. The number of hydrogen-bond acceptors (Lipinski definition) is 4. The Labute approximate surface area is 128 Å². The van der Waals surface area contributed by atoms with Gasteiger partial charge in [-0.05, 0) is 25.8 Å². The summed E-state index contributed by atoms with van der Waals surface area (Å²) in [6.07, 6.45) is 0.284. The topological polar surface area (TPSA) is 41.9 Å². The van der Waals surface area contributed by atoms with E-state index in [-0.39, 0.29) is 0 Å². The molecule has 1 aromatic rings. The molecule has 0 fully saturated rings. The van der Waals surface area contributed by atoms with Crippen LogP contribution in [0.4, 0.5) is 0 Å². The Morgan fingerprint density at radius 3 is 2.33 bits per heavy atom. The van der Waals surface area contributed by atoms with Gasteiger partial charge >= 0.3 is 0 Å². The smallest absolute Gasteiger partial charge is 0.0802 e. The molecule has 0 spiro atoms. The highest BCUT2D eigenvalue weighted by Crippen LogP contribution is 2.18. The lowest BCUT2D eigenvalue weighted by Crippen LogP contribution is -2.39. The van der Waals surface area contributed by atoms with Crippen LogP contribution in [0.1, 0.15) is 30.6 Å². The number of nitrogens with zero attached hydrogens (tertiary/aromatic N) is 1. The van der Waals surface area contributed by atoms with Gasteiger partial charge in [0, 0.05) is 33.4 Å².